The second kappa shape index (κ2) is 6.39. The third kappa shape index (κ3) is 3.87. The lowest BCUT2D eigenvalue weighted by molar-refractivity contribution is -0.119. The quantitative estimate of drug-likeness (QED) is 0.800. The number of carbonyl (C=O) groups is 1. The summed E-state index contributed by atoms with van der Waals surface area (Å²) in [7, 11) is -2.99. The molecule has 1 N–H and O–H groups in total. The monoisotopic (exact) mass is 359 g/mol. The molecule has 1 saturated heterocycles. The highest BCUT2D eigenvalue weighted by atomic mass is 32.2. The molecular weight excluding hydrogens is 346 g/mol. The van der Waals surface area contributed by atoms with Crippen molar-refractivity contribution in [3.8, 4) is 10.8 Å². The summed E-state index contributed by atoms with van der Waals surface area (Å²) in [4.78, 5) is 12.7. The van der Waals surface area contributed by atoms with Gasteiger partial charge in [-0.1, -0.05) is 17.8 Å². The van der Waals surface area contributed by atoms with E-state index in [4.69, 9.17) is 4.42 Å². The molecule has 3 rings (SSSR count). The van der Waals surface area contributed by atoms with Gasteiger partial charge in [-0.15, -0.1) is 21.5 Å². The summed E-state index contributed by atoms with van der Waals surface area (Å²) >= 11 is 2.63. The lowest BCUT2D eigenvalue weighted by Gasteiger charge is -2.09. The zero-order chi connectivity index (χ0) is 15.6. The molecule has 3 heterocycles. The van der Waals surface area contributed by atoms with Crippen LogP contribution in [0.2, 0.25) is 0 Å². The first kappa shape index (κ1) is 15.5. The van der Waals surface area contributed by atoms with Crippen LogP contribution in [-0.2, 0) is 14.6 Å². The smallest absolute Gasteiger partial charge is 0.277 e. The lowest BCUT2D eigenvalue weighted by atomic mass is 10.3. The van der Waals surface area contributed by atoms with E-state index in [0.717, 1.165) is 16.6 Å². The minimum Gasteiger partial charge on any atom is -0.410 e. The fourth-order valence-electron chi connectivity index (χ4n) is 2.07. The van der Waals surface area contributed by atoms with Gasteiger partial charge >= 0.3 is 0 Å². The Morgan fingerprint density at radius 1 is 1.50 bits per heavy atom. The van der Waals surface area contributed by atoms with E-state index in [1.165, 1.54) is 11.3 Å². The molecule has 0 radical (unpaired) electrons. The van der Waals surface area contributed by atoms with E-state index in [2.05, 4.69) is 15.5 Å². The third-order valence-electron chi connectivity index (χ3n) is 3.06. The molecule has 118 valence electrons. The second-order valence-corrected chi connectivity index (χ2v) is 8.91. The maximum Gasteiger partial charge on any atom is 0.277 e. The minimum atomic E-state index is -2.99. The summed E-state index contributed by atoms with van der Waals surface area (Å²) in [5.74, 6) is 0.469. The first-order valence-corrected chi connectivity index (χ1v) is 10.2. The van der Waals surface area contributed by atoms with Gasteiger partial charge in [0.15, 0.2) is 9.84 Å². The fraction of sp³-hybridized carbons (Fsp3) is 0.417. The van der Waals surface area contributed by atoms with Crippen LogP contribution in [0.25, 0.3) is 10.8 Å². The van der Waals surface area contributed by atoms with Crippen molar-refractivity contribution in [3.63, 3.8) is 0 Å². The number of carbonyl (C=O) groups excluding carboxylic acids is 1. The Balaban J connectivity index is 1.49. The molecule has 0 bridgehead atoms. The van der Waals surface area contributed by atoms with Crippen molar-refractivity contribution in [2.45, 2.75) is 17.7 Å². The zero-order valence-electron chi connectivity index (χ0n) is 11.4. The molecule has 0 saturated carbocycles. The number of hydrogen-bond acceptors (Lipinski definition) is 8. The number of thiophene rings is 1. The van der Waals surface area contributed by atoms with Crippen LogP contribution in [0.5, 0.6) is 0 Å². The molecule has 10 heteroatoms. The lowest BCUT2D eigenvalue weighted by Crippen LogP contribution is -2.36. The summed E-state index contributed by atoms with van der Waals surface area (Å²) in [6.07, 6.45) is 0.474. The first-order chi connectivity index (χ1) is 10.5. The van der Waals surface area contributed by atoms with E-state index in [1.807, 2.05) is 17.5 Å². The molecule has 7 nitrogen and oxygen atoms in total. The molecule has 0 aromatic carbocycles. The van der Waals surface area contributed by atoms with Crippen molar-refractivity contribution in [2.75, 3.05) is 17.3 Å². The standard InChI is InChI=1S/C12H13N3O4S3/c16-10(13-8-3-5-22(17,18)7-8)6-21-12-15-14-11(19-12)9-2-1-4-20-9/h1-2,4,8H,3,5-7H2,(H,13,16)/t8-/m0/s1. The van der Waals surface area contributed by atoms with Crippen molar-refractivity contribution in [1.82, 2.24) is 15.5 Å². The second-order valence-electron chi connectivity index (χ2n) is 4.81. The largest absolute Gasteiger partial charge is 0.410 e. The van der Waals surface area contributed by atoms with Crippen LogP contribution in [0.1, 0.15) is 6.42 Å². The maximum absolute atomic E-state index is 11.8. The van der Waals surface area contributed by atoms with Gasteiger partial charge in [-0.05, 0) is 17.9 Å². The molecule has 2 aromatic rings. The normalized spacial score (nSPS) is 20.1. The number of sulfone groups is 1. The average molecular weight is 359 g/mol. The van der Waals surface area contributed by atoms with Crippen LogP contribution in [-0.4, -0.2) is 47.8 Å². The Labute approximate surface area is 135 Å². The van der Waals surface area contributed by atoms with Crippen molar-refractivity contribution < 1.29 is 17.6 Å². The molecule has 1 atom stereocenters. The Kier molecular flexibility index (Phi) is 4.50. The average Bonchev–Trinajstić information content (AvgIpc) is 3.16. The zero-order valence-corrected chi connectivity index (χ0v) is 13.8. The number of nitrogens with zero attached hydrogens (tertiary/aromatic N) is 2. The predicted octanol–water partition coefficient (Wildman–Crippen LogP) is 1.19. The molecule has 0 aliphatic carbocycles. The fourth-order valence-corrected chi connectivity index (χ4v) is 4.97. The maximum atomic E-state index is 11.8. The minimum absolute atomic E-state index is 0.0203. The van der Waals surface area contributed by atoms with Gasteiger partial charge in [0.25, 0.3) is 11.1 Å². The van der Waals surface area contributed by atoms with E-state index in [1.54, 1.807) is 0 Å². The summed E-state index contributed by atoms with van der Waals surface area (Å²) in [6.45, 7) is 0. The van der Waals surface area contributed by atoms with Crippen molar-refractivity contribution in [1.29, 1.82) is 0 Å². The predicted molar refractivity (Wildman–Crippen MR) is 83.5 cm³/mol. The topological polar surface area (TPSA) is 102 Å². The van der Waals surface area contributed by atoms with Gasteiger partial charge in [-0.2, -0.15) is 0 Å². The molecule has 0 unspecified atom stereocenters. The van der Waals surface area contributed by atoms with Gasteiger partial charge in [0.1, 0.15) is 0 Å². The molecule has 1 aliphatic heterocycles. The Morgan fingerprint density at radius 2 is 2.36 bits per heavy atom. The number of amides is 1. The Bertz CT molecular complexity index is 754. The Morgan fingerprint density at radius 3 is 3.05 bits per heavy atom. The van der Waals surface area contributed by atoms with Gasteiger partial charge in [0.2, 0.25) is 5.91 Å². The van der Waals surface area contributed by atoms with Crippen LogP contribution in [0.3, 0.4) is 0 Å². The molecule has 1 aliphatic rings. The SMILES string of the molecule is O=C(CSc1nnc(-c2cccs2)o1)N[C@H]1CCS(=O)(=O)C1. The highest BCUT2D eigenvalue weighted by Gasteiger charge is 2.28. The third-order valence-corrected chi connectivity index (χ3v) is 6.51. The van der Waals surface area contributed by atoms with Gasteiger partial charge in [-0.25, -0.2) is 8.42 Å². The van der Waals surface area contributed by atoms with E-state index in [9.17, 15) is 13.2 Å². The van der Waals surface area contributed by atoms with Crippen LogP contribution in [0.15, 0.2) is 27.2 Å². The Hall–Kier alpha value is -1.39. The van der Waals surface area contributed by atoms with Crippen LogP contribution >= 0.6 is 23.1 Å². The first-order valence-electron chi connectivity index (χ1n) is 6.52. The van der Waals surface area contributed by atoms with Crippen molar-refractivity contribution >= 4 is 38.8 Å². The van der Waals surface area contributed by atoms with Gasteiger partial charge in [0.05, 0.1) is 22.1 Å². The number of rotatable bonds is 5. The highest BCUT2D eigenvalue weighted by molar-refractivity contribution is 7.99. The molecule has 2 aromatic heterocycles. The summed E-state index contributed by atoms with van der Waals surface area (Å²) in [5.41, 5.74) is 0. The number of thioether (sulfide) groups is 1. The summed E-state index contributed by atoms with van der Waals surface area (Å²) < 4.78 is 28.1. The summed E-state index contributed by atoms with van der Waals surface area (Å²) in [5, 5.41) is 12.7. The molecule has 0 spiro atoms. The van der Waals surface area contributed by atoms with Crippen LogP contribution in [0.4, 0.5) is 0 Å². The molecule has 1 amide bonds. The number of nitrogens with one attached hydrogen (secondary N) is 1. The molecule has 1 fully saturated rings. The summed E-state index contributed by atoms with van der Waals surface area (Å²) in [6, 6.07) is 3.47. The van der Waals surface area contributed by atoms with Crippen LogP contribution in [0, 0.1) is 0 Å². The van der Waals surface area contributed by atoms with Crippen molar-refractivity contribution in [3.05, 3.63) is 17.5 Å². The van der Waals surface area contributed by atoms with Gasteiger partial charge < -0.3 is 9.73 Å². The number of hydrogen-bond donors (Lipinski definition) is 1. The molecular formula is C12H13N3O4S3. The van der Waals surface area contributed by atoms with E-state index >= 15 is 0 Å². The van der Waals surface area contributed by atoms with E-state index in [-0.39, 0.29) is 29.2 Å². The van der Waals surface area contributed by atoms with Crippen molar-refractivity contribution in [2.24, 2.45) is 0 Å². The number of aromatic nitrogens is 2. The van der Waals surface area contributed by atoms with E-state index < -0.39 is 9.84 Å². The van der Waals surface area contributed by atoms with Gasteiger partial charge in [0, 0.05) is 6.04 Å². The van der Waals surface area contributed by atoms with E-state index in [0.29, 0.717) is 17.5 Å². The van der Waals surface area contributed by atoms with Crippen LogP contribution < -0.4 is 5.32 Å². The van der Waals surface area contributed by atoms with Gasteiger partial charge in [-0.3, -0.25) is 4.79 Å². The highest BCUT2D eigenvalue weighted by Crippen LogP contribution is 2.26. The molecule has 22 heavy (non-hydrogen) atoms.